The first kappa shape index (κ1) is 15.9. The second-order valence-electron chi connectivity index (χ2n) is 4.99. The average Bonchev–Trinajstić information content (AvgIpc) is 2.36. The van der Waals surface area contributed by atoms with Crippen LogP contribution in [-0.2, 0) is 10.0 Å². The number of rotatable bonds is 7. The van der Waals surface area contributed by atoms with Gasteiger partial charge >= 0.3 is 0 Å². The minimum Gasteiger partial charge on any atom is -0.301 e. The van der Waals surface area contributed by atoms with Gasteiger partial charge in [0.2, 0.25) is 10.0 Å². The largest absolute Gasteiger partial charge is 0.301 e. The fraction of sp³-hybridized carbons (Fsp3) is 1.00. The van der Waals surface area contributed by atoms with E-state index >= 15 is 0 Å². The molecule has 0 saturated carbocycles. The number of hydrogen-bond donors (Lipinski definition) is 1. The molecule has 1 fully saturated rings. The van der Waals surface area contributed by atoms with Gasteiger partial charge in [0.25, 0.3) is 0 Å². The molecule has 1 atom stereocenters. The van der Waals surface area contributed by atoms with Crippen LogP contribution in [0.25, 0.3) is 0 Å². The molecule has 5 nitrogen and oxygen atoms in total. The molecular weight excluding hydrogens is 250 g/mol. The lowest BCUT2D eigenvalue weighted by Gasteiger charge is -2.37. The van der Waals surface area contributed by atoms with Crippen molar-refractivity contribution in [1.82, 2.24) is 14.5 Å². The van der Waals surface area contributed by atoms with E-state index in [2.05, 4.69) is 28.4 Å². The fourth-order valence-corrected chi connectivity index (χ4v) is 3.41. The number of nitrogens with one attached hydrogen (secondary N) is 1. The topological polar surface area (TPSA) is 52.7 Å². The first-order valence-electron chi connectivity index (χ1n) is 6.92. The Morgan fingerprint density at radius 3 is 2.28 bits per heavy atom. The Morgan fingerprint density at radius 1 is 1.17 bits per heavy atom. The van der Waals surface area contributed by atoms with Gasteiger partial charge in [0.15, 0.2) is 0 Å². The van der Waals surface area contributed by atoms with Gasteiger partial charge in [-0.05, 0) is 19.9 Å². The van der Waals surface area contributed by atoms with Crippen LogP contribution in [0.1, 0.15) is 27.2 Å². The molecule has 0 aliphatic carbocycles. The third-order valence-corrected chi connectivity index (χ3v) is 5.10. The smallest absolute Gasteiger partial charge is 0.211 e. The van der Waals surface area contributed by atoms with E-state index in [-0.39, 0.29) is 11.8 Å². The van der Waals surface area contributed by atoms with E-state index in [0.29, 0.717) is 13.0 Å². The van der Waals surface area contributed by atoms with Gasteiger partial charge in [-0.2, -0.15) is 0 Å². The molecule has 0 spiro atoms. The summed E-state index contributed by atoms with van der Waals surface area (Å²) in [5, 5.41) is 0. The van der Waals surface area contributed by atoms with Gasteiger partial charge in [0.05, 0.1) is 5.75 Å². The predicted molar refractivity (Wildman–Crippen MR) is 75.2 cm³/mol. The van der Waals surface area contributed by atoms with Gasteiger partial charge in [-0.25, -0.2) is 13.1 Å². The van der Waals surface area contributed by atoms with Crippen LogP contribution in [0.3, 0.4) is 0 Å². The van der Waals surface area contributed by atoms with Gasteiger partial charge in [-0.1, -0.05) is 13.8 Å². The van der Waals surface area contributed by atoms with Crippen molar-refractivity contribution < 1.29 is 8.42 Å². The molecule has 18 heavy (non-hydrogen) atoms. The van der Waals surface area contributed by atoms with Gasteiger partial charge < -0.3 is 4.90 Å². The SMILES string of the molecule is CCCS(=O)(=O)NC[C@H](C)N1CCN(CC)CC1. The highest BCUT2D eigenvalue weighted by Gasteiger charge is 2.21. The first-order chi connectivity index (χ1) is 8.48. The Bertz CT molecular complexity index is 324. The number of piperazine rings is 1. The third-order valence-electron chi connectivity index (χ3n) is 3.55. The van der Waals surface area contributed by atoms with Gasteiger partial charge in [0.1, 0.15) is 0 Å². The zero-order valence-electron chi connectivity index (χ0n) is 11.9. The van der Waals surface area contributed by atoms with Crippen LogP contribution in [0.15, 0.2) is 0 Å². The minimum atomic E-state index is -3.07. The molecule has 1 saturated heterocycles. The van der Waals surface area contributed by atoms with E-state index in [4.69, 9.17) is 0 Å². The molecule has 0 radical (unpaired) electrons. The molecule has 108 valence electrons. The molecule has 0 bridgehead atoms. The van der Waals surface area contributed by atoms with Crippen LogP contribution >= 0.6 is 0 Å². The summed E-state index contributed by atoms with van der Waals surface area (Å²) in [6, 6.07) is 0.274. The Hall–Kier alpha value is -0.170. The normalized spacial score (nSPS) is 21.1. The summed E-state index contributed by atoms with van der Waals surface area (Å²) < 4.78 is 25.9. The summed E-state index contributed by atoms with van der Waals surface area (Å²) in [4.78, 5) is 4.78. The highest BCUT2D eigenvalue weighted by Crippen LogP contribution is 2.05. The quantitative estimate of drug-likeness (QED) is 0.729. The Kier molecular flexibility index (Phi) is 6.55. The summed E-state index contributed by atoms with van der Waals surface area (Å²) in [5.74, 6) is 0.226. The fourth-order valence-electron chi connectivity index (χ4n) is 2.24. The van der Waals surface area contributed by atoms with Crippen LogP contribution < -0.4 is 4.72 Å². The van der Waals surface area contributed by atoms with E-state index in [1.54, 1.807) is 0 Å². The van der Waals surface area contributed by atoms with Crippen LogP contribution in [0.4, 0.5) is 0 Å². The average molecular weight is 277 g/mol. The molecule has 0 aromatic carbocycles. The van der Waals surface area contributed by atoms with Crippen LogP contribution in [0, 0.1) is 0 Å². The van der Waals surface area contributed by atoms with Gasteiger partial charge in [0, 0.05) is 38.8 Å². The molecule has 0 aromatic heterocycles. The van der Waals surface area contributed by atoms with Gasteiger partial charge in [-0.3, -0.25) is 4.90 Å². The van der Waals surface area contributed by atoms with E-state index in [1.165, 1.54) is 0 Å². The zero-order chi connectivity index (χ0) is 13.6. The lowest BCUT2D eigenvalue weighted by molar-refractivity contribution is 0.107. The summed E-state index contributed by atoms with van der Waals surface area (Å²) in [6.07, 6.45) is 0.666. The van der Waals surface area contributed by atoms with Crippen molar-refractivity contribution in [2.45, 2.75) is 33.2 Å². The predicted octanol–water partition coefficient (Wildman–Crippen LogP) is 0.342. The van der Waals surface area contributed by atoms with Gasteiger partial charge in [-0.15, -0.1) is 0 Å². The lowest BCUT2D eigenvalue weighted by Crippen LogP contribution is -2.52. The van der Waals surface area contributed by atoms with Crippen molar-refractivity contribution in [1.29, 1.82) is 0 Å². The van der Waals surface area contributed by atoms with E-state index < -0.39 is 10.0 Å². The molecule has 1 rings (SSSR count). The van der Waals surface area contributed by atoms with E-state index in [9.17, 15) is 8.42 Å². The summed E-state index contributed by atoms with van der Waals surface area (Å²) in [7, 11) is -3.07. The maximum atomic E-state index is 11.6. The molecule has 0 unspecified atom stereocenters. The molecule has 6 heteroatoms. The van der Waals surface area contributed by atoms with Crippen LogP contribution in [-0.4, -0.2) is 69.3 Å². The standard InChI is InChI=1S/C12H27N3O2S/c1-4-10-18(16,17)13-11-12(3)15-8-6-14(5-2)7-9-15/h12-13H,4-11H2,1-3H3/t12-/m0/s1. The maximum Gasteiger partial charge on any atom is 0.211 e. The van der Waals surface area contributed by atoms with Crippen molar-refractivity contribution >= 4 is 10.0 Å². The molecule has 0 aromatic rings. The molecule has 1 N–H and O–H groups in total. The van der Waals surface area contributed by atoms with Crippen LogP contribution in [0.5, 0.6) is 0 Å². The summed E-state index contributed by atoms with van der Waals surface area (Å²) in [5.41, 5.74) is 0. The third kappa shape index (κ3) is 5.22. The molecule has 1 heterocycles. The van der Waals surface area contributed by atoms with Crippen molar-refractivity contribution in [3.8, 4) is 0 Å². The van der Waals surface area contributed by atoms with Crippen molar-refractivity contribution in [3.05, 3.63) is 0 Å². The summed E-state index contributed by atoms with van der Waals surface area (Å²) in [6.45, 7) is 12.0. The Balaban J connectivity index is 2.31. The first-order valence-corrected chi connectivity index (χ1v) is 8.57. The van der Waals surface area contributed by atoms with E-state index in [0.717, 1.165) is 32.7 Å². The summed E-state index contributed by atoms with van der Waals surface area (Å²) >= 11 is 0. The number of likely N-dealkylation sites (N-methyl/N-ethyl adjacent to an activating group) is 1. The zero-order valence-corrected chi connectivity index (χ0v) is 12.7. The van der Waals surface area contributed by atoms with Crippen molar-refractivity contribution in [3.63, 3.8) is 0 Å². The maximum absolute atomic E-state index is 11.6. The highest BCUT2D eigenvalue weighted by atomic mass is 32.2. The Morgan fingerprint density at radius 2 is 1.78 bits per heavy atom. The number of nitrogens with zero attached hydrogens (tertiary/aromatic N) is 2. The molecular formula is C12H27N3O2S. The molecule has 1 aliphatic rings. The second kappa shape index (κ2) is 7.43. The van der Waals surface area contributed by atoms with E-state index in [1.807, 2.05) is 6.92 Å². The lowest BCUT2D eigenvalue weighted by atomic mass is 10.2. The molecule has 1 aliphatic heterocycles. The minimum absolute atomic E-state index is 0.226. The number of sulfonamides is 1. The second-order valence-corrected chi connectivity index (χ2v) is 6.91. The molecule has 0 amide bonds. The highest BCUT2D eigenvalue weighted by molar-refractivity contribution is 7.89. The van der Waals surface area contributed by atoms with Crippen LogP contribution in [0.2, 0.25) is 0 Å². The van der Waals surface area contributed by atoms with Crippen molar-refractivity contribution in [2.24, 2.45) is 0 Å². The van der Waals surface area contributed by atoms with Crippen molar-refractivity contribution in [2.75, 3.05) is 45.0 Å². The number of hydrogen-bond acceptors (Lipinski definition) is 4. The monoisotopic (exact) mass is 277 g/mol. The Labute approximate surface area is 112 Å².